The molecule has 1 aliphatic carbocycles. The lowest BCUT2D eigenvalue weighted by molar-refractivity contribution is 0.00800. The van der Waals surface area contributed by atoms with Crippen molar-refractivity contribution < 1.29 is 5.11 Å². The van der Waals surface area contributed by atoms with Crippen LogP contribution in [-0.4, -0.2) is 30.3 Å². The lowest BCUT2D eigenvalue weighted by atomic mass is 9.81. The van der Waals surface area contributed by atoms with Crippen molar-refractivity contribution in [3.05, 3.63) is 29.3 Å². The van der Waals surface area contributed by atoms with E-state index < -0.39 is 5.60 Å². The molecule has 0 saturated heterocycles. The third kappa shape index (κ3) is 2.97. The number of nitrogens with zero attached hydrogens (tertiary/aromatic N) is 1. The van der Waals surface area contributed by atoms with Crippen LogP contribution in [0.15, 0.2) is 24.3 Å². The maximum absolute atomic E-state index is 10.1. The average Bonchev–Trinajstić information content (AvgIpc) is 2.40. The second-order valence-corrected chi connectivity index (χ2v) is 5.68. The van der Waals surface area contributed by atoms with E-state index >= 15 is 0 Å². The summed E-state index contributed by atoms with van der Waals surface area (Å²) in [6.45, 7) is 0.365. The monoisotopic (exact) mass is 268 g/mol. The number of anilines is 1. The molecule has 4 heteroatoms. The standard InChI is InChI=1S/C14H21ClN2O/c1-17(12-4-2-11(15)3-5-12)13-6-8-14(18,10-16)9-7-13/h2-5,13,18H,6-10,16H2,1H3. The summed E-state index contributed by atoms with van der Waals surface area (Å²) >= 11 is 5.89. The predicted octanol–water partition coefficient (Wildman–Crippen LogP) is 2.41. The third-order valence-corrected chi connectivity index (χ3v) is 4.30. The molecule has 0 amide bonds. The normalized spacial score (nSPS) is 28.1. The van der Waals surface area contributed by atoms with Gasteiger partial charge >= 0.3 is 0 Å². The molecule has 3 N–H and O–H groups in total. The fourth-order valence-electron chi connectivity index (χ4n) is 2.62. The molecule has 0 spiro atoms. The average molecular weight is 269 g/mol. The summed E-state index contributed by atoms with van der Waals surface area (Å²) in [4.78, 5) is 2.27. The minimum atomic E-state index is -0.642. The van der Waals surface area contributed by atoms with Crippen LogP contribution in [0, 0.1) is 0 Å². The van der Waals surface area contributed by atoms with Crippen LogP contribution in [0.4, 0.5) is 5.69 Å². The molecule has 0 atom stereocenters. The maximum Gasteiger partial charge on any atom is 0.0770 e. The van der Waals surface area contributed by atoms with Crippen LogP contribution in [0.5, 0.6) is 0 Å². The fraction of sp³-hybridized carbons (Fsp3) is 0.571. The predicted molar refractivity (Wildman–Crippen MR) is 76.1 cm³/mol. The Bertz CT molecular complexity index is 385. The number of hydrogen-bond donors (Lipinski definition) is 2. The van der Waals surface area contributed by atoms with Crippen molar-refractivity contribution in [1.29, 1.82) is 0 Å². The number of hydrogen-bond acceptors (Lipinski definition) is 3. The van der Waals surface area contributed by atoms with Gasteiger partial charge in [-0.05, 0) is 49.9 Å². The number of rotatable bonds is 3. The summed E-state index contributed by atoms with van der Waals surface area (Å²) in [5, 5.41) is 10.9. The highest BCUT2D eigenvalue weighted by Gasteiger charge is 2.33. The quantitative estimate of drug-likeness (QED) is 0.885. The van der Waals surface area contributed by atoms with E-state index in [1.807, 2.05) is 24.3 Å². The van der Waals surface area contributed by atoms with Gasteiger partial charge in [0, 0.05) is 30.3 Å². The van der Waals surface area contributed by atoms with Gasteiger partial charge in [0.05, 0.1) is 5.60 Å². The number of nitrogens with two attached hydrogens (primary N) is 1. The van der Waals surface area contributed by atoms with Crippen LogP contribution >= 0.6 is 11.6 Å². The molecular weight excluding hydrogens is 248 g/mol. The molecule has 1 aromatic rings. The highest BCUT2D eigenvalue weighted by Crippen LogP contribution is 2.32. The smallest absolute Gasteiger partial charge is 0.0770 e. The largest absolute Gasteiger partial charge is 0.389 e. The zero-order valence-electron chi connectivity index (χ0n) is 10.8. The van der Waals surface area contributed by atoms with Crippen LogP contribution in [0.3, 0.4) is 0 Å². The Morgan fingerprint density at radius 3 is 2.39 bits per heavy atom. The Morgan fingerprint density at radius 2 is 1.89 bits per heavy atom. The van der Waals surface area contributed by atoms with E-state index in [-0.39, 0.29) is 0 Å². The Morgan fingerprint density at radius 1 is 1.33 bits per heavy atom. The SMILES string of the molecule is CN(c1ccc(Cl)cc1)C1CCC(O)(CN)CC1. The molecule has 2 rings (SSSR count). The lowest BCUT2D eigenvalue weighted by Gasteiger charge is -2.39. The summed E-state index contributed by atoms with van der Waals surface area (Å²) < 4.78 is 0. The molecule has 0 radical (unpaired) electrons. The Balaban J connectivity index is 1.99. The molecule has 0 heterocycles. The molecule has 1 aromatic carbocycles. The molecule has 1 aliphatic rings. The summed E-state index contributed by atoms with van der Waals surface area (Å²) in [5.74, 6) is 0. The first-order chi connectivity index (χ1) is 8.54. The molecule has 0 bridgehead atoms. The zero-order chi connectivity index (χ0) is 13.2. The van der Waals surface area contributed by atoms with Gasteiger partial charge in [-0.2, -0.15) is 0 Å². The fourth-order valence-corrected chi connectivity index (χ4v) is 2.74. The first-order valence-electron chi connectivity index (χ1n) is 6.45. The molecule has 0 unspecified atom stereocenters. The number of halogens is 1. The number of benzene rings is 1. The molecule has 100 valence electrons. The molecule has 18 heavy (non-hydrogen) atoms. The van der Waals surface area contributed by atoms with Crippen LogP contribution in [0.2, 0.25) is 5.02 Å². The Labute approximate surface area is 114 Å². The van der Waals surface area contributed by atoms with Gasteiger partial charge in [-0.1, -0.05) is 11.6 Å². The molecular formula is C14H21ClN2O. The van der Waals surface area contributed by atoms with Crippen molar-refractivity contribution in [3.8, 4) is 0 Å². The van der Waals surface area contributed by atoms with E-state index in [1.165, 1.54) is 5.69 Å². The van der Waals surface area contributed by atoms with Crippen molar-refractivity contribution in [2.24, 2.45) is 5.73 Å². The molecule has 1 fully saturated rings. The van der Waals surface area contributed by atoms with Crippen LogP contribution in [0.1, 0.15) is 25.7 Å². The van der Waals surface area contributed by atoms with Gasteiger partial charge in [0.15, 0.2) is 0 Å². The first-order valence-corrected chi connectivity index (χ1v) is 6.83. The number of aliphatic hydroxyl groups is 1. The summed E-state index contributed by atoms with van der Waals surface area (Å²) in [5.41, 5.74) is 6.14. The highest BCUT2D eigenvalue weighted by molar-refractivity contribution is 6.30. The highest BCUT2D eigenvalue weighted by atomic mass is 35.5. The minimum Gasteiger partial charge on any atom is -0.389 e. The van der Waals surface area contributed by atoms with Gasteiger partial charge < -0.3 is 15.7 Å². The Kier molecular flexibility index (Phi) is 4.15. The maximum atomic E-state index is 10.1. The molecule has 3 nitrogen and oxygen atoms in total. The van der Waals surface area contributed by atoms with Crippen molar-refractivity contribution in [3.63, 3.8) is 0 Å². The molecule has 0 aromatic heterocycles. The van der Waals surface area contributed by atoms with Gasteiger partial charge in [0.25, 0.3) is 0 Å². The minimum absolute atomic E-state index is 0.365. The van der Waals surface area contributed by atoms with E-state index in [4.69, 9.17) is 17.3 Å². The summed E-state index contributed by atoms with van der Waals surface area (Å²) in [6.07, 6.45) is 3.53. The van der Waals surface area contributed by atoms with Gasteiger partial charge in [0.2, 0.25) is 0 Å². The van der Waals surface area contributed by atoms with Gasteiger partial charge in [-0.3, -0.25) is 0 Å². The summed E-state index contributed by atoms with van der Waals surface area (Å²) in [6, 6.07) is 8.36. The second kappa shape index (κ2) is 5.47. The van der Waals surface area contributed by atoms with E-state index in [0.717, 1.165) is 30.7 Å². The van der Waals surface area contributed by atoms with Crippen LogP contribution in [-0.2, 0) is 0 Å². The third-order valence-electron chi connectivity index (χ3n) is 4.05. The van der Waals surface area contributed by atoms with Crippen molar-refractivity contribution in [2.45, 2.75) is 37.3 Å². The van der Waals surface area contributed by atoms with E-state index in [2.05, 4.69) is 11.9 Å². The van der Waals surface area contributed by atoms with Crippen LogP contribution in [0.25, 0.3) is 0 Å². The van der Waals surface area contributed by atoms with Gasteiger partial charge in [0.1, 0.15) is 0 Å². The van der Waals surface area contributed by atoms with Crippen molar-refractivity contribution in [2.75, 3.05) is 18.5 Å². The van der Waals surface area contributed by atoms with Crippen molar-refractivity contribution >= 4 is 17.3 Å². The molecule has 0 aliphatic heterocycles. The van der Waals surface area contributed by atoms with Crippen molar-refractivity contribution in [1.82, 2.24) is 0 Å². The van der Waals surface area contributed by atoms with E-state index in [1.54, 1.807) is 0 Å². The second-order valence-electron chi connectivity index (χ2n) is 5.25. The summed E-state index contributed by atoms with van der Waals surface area (Å²) in [7, 11) is 2.10. The van der Waals surface area contributed by atoms with Gasteiger partial charge in [-0.15, -0.1) is 0 Å². The van der Waals surface area contributed by atoms with E-state index in [9.17, 15) is 5.11 Å². The zero-order valence-corrected chi connectivity index (χ0v) is 11.5. The van der Waals surface area contributed by atoms with E-state index in [0.29, 0.717) is 12.6 Å². The topological polar surface area (TPSA) is 49.5 Å². The lowest BCUT2D eigenvalue weighted by Crippen LogP contribution is -2.46. The van der Waals surface area contributed by atoms with Gasteiger partial charge in [-0.25, -0.2) is 0 Å². The molecule has 1 saturated carbocycles. The first kappa shape index (κ1) is 13.7. The van der Waals surface area contributed by atoms with Crippen LogP contribution < -0.4 is 10.6 Å². The Hall–Kier alpha value is -0.770.